The highest BCUT2D eigenvalue weighted by Crippen LogP contribution is 2.23. The number of alkyl halides is 2. The van der Waals surface area contributed by atoms with Crippen molar-refractivity contribution < 1.29 is 21.9 Å². The number of sulfone groups is 1. The van der Waals surface area contributed by atoms with Crippen LogP contribution in [0.15, 0.2) is 24.3 Å². The van der Waals surface area contributed by atoms with E-state index < -0.39 is 16.4 Å². The van der Waals surface area contributed by atoms with Crippen LogP contribution in [0.25, 0.3) is 0 Å². The Bertz CT molecular complexity index is 505. The van der Waals surface area contributed by atoms with Crippen LogP contribution in [0.2, 0.25) is 0 Å². The highest BCUT2D eigenvalue weighted by molar-refractivity contribution is 7.90. The lowest BCUT2D eigenvalue weighted by molar-refractivity contribution is -0.0499. The first kappa shape index (κ1) is 15.8. The number of hydrogen-bond acceptors (Lipinski definition) is 4. The Labute approximate surface area is 111 Å². The topological polar surface area (TPSA) is 55.4 Å². The third kappa shape index (κ3) is 5.98. The van der Waals surface area contributed by atoms with Gasteiger partial charge in [-0.15, -0.1) is 0 Å². The minimum absolute atomic E-state index is 0.0262. The first-order valence-electron chi connectivity index (χ1n) is 5.71. The van der Waals surface area contributed by atoms with E-state index >= 15 is 0 Å². The summed E-state index contributed by atoms with van der Waals surface area (Å²) in [6.45, 7) is -2.88. The summed E-state index contributed by atoms with van der Waals surface area (Å²) in [4.78, 5) is 0. The molecular formula is C12H17F2NO3S. The third-order valence-corrected chi connectivity index (χ3v) is 3.59. The van der Waals surface area contributed by atoms with Gasteiger partial charge < -0.3 is 10.1 Å². The molecule has 7 heteroatoms. The van der Waals surface area contributed by atoms with Gasteiger partial charge >= 0.3 is 6.61 Å². The molecule has 0 aliphatic carbocycles. The van der Waals surface area contributed by atoms with Gasteiger partial charge in [0.1, 0.15) is 15.6 Å². The smallest absolute Gasteiger partial charge is 0.387 e. The molecule has 0 aliphatic rings. The Hall–Kier alpha value is -1.21. The summed E-state index contributed by atoms with van der Waals surface area (Å²) < 4.78 is 50.8. The summed E-state index contributed by atoms with van der Waals surface area (Å²) >= 11 is 0. The first-order chi connectivity index (χ1) is 8.81. The molecule has 0 spiro atoms. The summed E-state index contributed by atoms with van der Waals surface area (Å²) in [5.41, 5.74) is 0.712. The van der Waals surface area contributed by atoms with Gasteiger partial charge in [-0.1, -0.05) is 12.1 Å². The van der Waals surface area contributed by atoms with Gasteiger partial charge in [0, 0.05) is 12.3 Å². The standard InChI is InChI=1S/C12H17F2NO3S/c1-15-11(6-7-19(2,16)17)9-4-3-5-10(8-9)18-12(13)14/h3-5,8,11-12,15H,6-7H2,1-2H3. The highest BCUT2D eigenvalue weighted by atomic mass is 32.2. The van der Waals surface area contributed by atoms with Crippen LogP contribution >= 0.6 is 0 Å². The van der Waals surface area contributed by atoms with E-state index in [1.54, 1.807) is 19.2 Å². The van der Waals surface area contributed by atoms with E-state index in [-0.39, 0.29) is 17.5 Å². The average molecular weight is 293 g/mol. The Morgan fingerprint density at radius 2 is 2.05 bits per heavy atom. The SMILES string of the molecule is CNC(CCS(C)(=O)=O)c1cccc(OC(F)F)c1. The number of rotatable bonds is 7. The second-order valence-electron chi connectivity index (χ2n) is 4.21. The Balaban J connectivity index is 2.80. The molecule has 0 fully saturated rings. The zero-order valence-electron chi connectivity index (χ0n) is 10.8. The van der Waals surface area contributed by atoms with Crippen molar-refractivity contribution in [2.45, 2.75) is 19.1 Å². The van der Waals surface area contributed by atoms with Gasteiger partial charge in [-0.3, -0.25) is 0 Å². The molecule has 19 heavy (non-hydrogen) atoms. The van der Waals surface area contributed by atoms with Crippen molar-refractivity contribution in [3.8, 4) is 5.75 Å². The third-order valence-electron chi connectivity index (χ3n) is 2.61. The second-order valence-corrected chi connectivity index (χ2v) is 6.47. The summed E-state index contributed by atoms with van der Waals surface area (Å²) in [5.74, 6) is 0.0884. The van der Waals surface area contributed by atoms with Crippen molar-refractivity contribution in [1.82, 2.24) is 5.32 Å². The largest absolute Gasteiger partial charge is 0.435 e. The normalized spacial score (nSPS) is 13.5. The van der Waals surface area contributed by atoms with Gasteiger partial charge in [0.2, 0.25) is 0 Å². The van der Waals surface area contributed by atoms with E-state index in [0.29, 0.717) is 12.0 Å². The maximum atomic E-state index is 12.1. The maximum absolute atomic E-state index is 12.1. The number of ether oxygens (including phenoxy) is 1. The zero-order chi connectivity index (χ0) is 14.5. The minimum atomic E-state index is -3.06. The molecule has 0 aliphatic heterocycles. The van der Waals surface area contributed by atoms with Gasteiger partial charge in [0.25, 0.3) is 0 Å². The summed E-state index contributed by atoms with van der Waals surface area (Å²) in [5, 5.41) is 2.96. The maximum Gasteiger partial charge on any atom is 0.387 e. The number of benzene rings is 1. The molecule has 1 rings (SSSR count). The second kappa shape index (κ2) is 6.81. The van der Waals surface area contributed by atoms with E-state index in [4.69, 9.17) is 0 Å². The lowest BCUT2D eigenvalue weighted by Crippen LogP contribution is -2.20. The van der Waals surface area contributed by atoms with Gasteiger partial charge in [-0.25, -0.2) is 8.42 Å². The predicted molar refractivity (Wildman–Crippen MR) is 69.2 cm³/mol. The number of nitrogens with one attached hydrogen (secondary N) is 1. The molecule has 0 amide bonds. The quantitative estimate of drug-likeness (QED) is 0.835. The summed E-state index contributed by atoms with van der Waals surface area (Å²) in [7, 11) is -1.37. The molecule has 1 atom stereocenters. The lowest BCUT2D eigenvalue weighted by Gasteiger charge is -2.17. The Morgan fingerprint density at radius 1 is 1.37 bits per heavy atom. The molecule has 0 aromatic heterocycles. The van der Waals surface area contributed by atoms with Crippen LogP contribution in [-0.4, -0.2) is 34.1 Å². The lowest BCUT2D eigenvalue weighted by atomic mass is 10.0. The van der Waals surface area contributed by atoms with Gasteiger partial charge in [-0.05, 0) is 31.2 Å². The molecule has 4 nitrogen and oxygen atoms in total. The Morgan fingerprint density at radius 3 is 2.58 bits per heavy atom. The molecule has 0 radical (unpaired) electrons. The number of halogens is 2. The fourth-order valence-corrected chi connectivity index (χ4v) is 2.38. The van der Waals surface area contributed by atoms with Gasteiger partial charge in [-0.2, -0.15) is 8.78 Å². The van der Waals surface area contributed by atoms with E-state index in [2.05, 4.69) is 10.1 Å². The van der Waals surface area contributed by atoms with Crippen LogP contribution in [0.4, 0.5) is 8.78 Å². The molecule has 1 N–H and O–H groups in total. The van der Waals surface area contributed by atoms with E-state index in [9.17, 15) is 17.2 Å². The molecular weight excluding hydrogens is 276 g/mol. The van der Waals surface area contributed by atoms with Crippen LogP contribution in [-0.2, 0) is 9.84 Å². The highest BCUT2D eigenvalue weighted by Gasteiger charge is 2.14. The molecule has 0 saturated carbocycles. The van der Waals surface area contributed by atoms with Gasteiger partial charge in [0.15, 0.2) is 0 Å². The molecule has 0 bridgehead atoms. The zero-order valence-corrected chi connectivity index (χ0v) is 11.6. The van der Waals surface area contributed by atoms with Crippen LogP contribution in [0.1, 0.15) is 18.0 Å². The molecule has 1 aromatic carbocycles. The van der Waals surface area contributed by atoms with E-state index in [1.807, 2.05) is 0 Å². The average Bonchev–Trinajstić information content (AvgIpc) is 2.28. The fourth-order valence-electron chi connectivity index (χ4n) is 1.72. The molecule has 108 valence electrons. The first-order valence-corrected chi connectivity index (χ1v) is 7.77. The molecule has 0 saturated heterocycles. The summed E-state index contributed by atoms with van der Waals surface area (Å²) in [6.07, 6.45) is 1.53. The molecule has 1 aromatic rings. The predicted octanol–water partition coefficient (Wildman–Crippen LogP) is 1.98. The van der Waals surface area contributed by atoms with Crippen LogP contribution in [0, 0.1) is 0 Å². The van der Waals surface area contributed by atoms with E-state index in [0.717, 1.165) is 6.26 Å². The van der Waals surface area contributed by atoms with Crippen molar-refractivity contribution in [3.63, 3.8) is 0 Å². The van der Waals surface area contributed by atoms with Crippen LogP contribution in [0.5, 0.6) is 5.75 Å². The monoisotopic (exact) mass is 293 g/mol. The van der Waals surface area contributed by atoms with Crippen LogP contribution in [0.3, 0.4) is 0 Å². The Kier molecular flexibility index (Phi) is 5.68. The van der Waals surface area contributed by atoms with Crippen molar-refractivity contribution in [2.24, 2.45) is 0 Å². The summed E-state index contributed by atoms with van der Waals surface area (Å²) in [6, 6.07) is 6.02. The molecule has 0 heterocycles. The van der Waals surface area contributed by atoms with Crippen molar-refractivity contribution in [3.05, 3.63) is 29.8 Å². The van der Waals surface area contributed by atoms with Crippen LogP contribution < -0.4 is 10.1 Å². The number of hydrogen-bond donors (Lipinski definition) is 1. The fraction of sp³-hybridized carbons (Fsp3) is 0.500. The molecule has 1 unspecified atom stereocenters. The van der Waals surface area contributed by atoms with Crippen molar-refractivity contribution >= 4 is 9.84 Å². The van der Waals surface area contributed by atoms with Crippen molar-refractivity contribution in [2.75, 3.05) is 19.1 Å². The van der Waals surface area contributed by atoms with Gasteiger partial charge in [0.05, 0.1) is 5.75 Å². The van der Waals surface area contributed by atoms with E-state index in [1.165, 1.54) is 12.1 Å². The minimum Gasteiger partial charge on any atom is -0.435 e. The van der Waals surface area contributed by atoms with Crippen molar-refractivity contribution in [1.29, 1.82) is 0 Å².